The zero-order chi connectivity index (χ0) is 12.5. The van der Waals surface area contributed by atoms with E-state index in [1.807, 2.05) is 18.2 Å². The second-order valence-corrected chi connectivity index (χ2v) is 5.40. The van der Waals surface area contributed by atoms with Crippen molar-refractivity contribution < 1.29 is 4.79 Å². The first kappa shape index (κ1) is 12.4. The summed E-state index contributed by atoms with van der Waals surface area (Å²) < 4.78 is 1.01. The zero-order valence-corrected chi connectivity index (χ0v) is 11.7. The molecule has 3 nitrogen and oxygen atoms in total. The Hall–Kier alpha value is -1.03. The highest BCUT2D eigenvalue weighted by atomic mass is 79.9. The minimum Gasteiger partial charge on any atom is -0.382 e. The van der Waals surface area contributed by atoms with E-state index in [1.54, 1.807) is 0 Å². The van der Waals surface area contributed by atoms with Crippen molar-refractivity contribution in [3.63, 3.8) is 0 Å². The molecule has 92 valence electrons. The summed E-state index contributed by atoms with van der Waals surface area (Å²) in [6.45, 7) is 4.82. The average Bonchev–Trinajstić information content (AvgIpc) is 2.46. The summed E-state index contributed by atoms with van der Waals surface area (Å²) in [6.07, 6.45) is 1.69. The van der Waals surface area contributed by atoms with Crippen LogP contribution in [0, 0.1) is 5.41 Å². The lowest BCUT2D eigenvalue weighted by molar-refractivity contribution is -0.125. The Labute approximate surface area is 110 Å². The monoisotopic (exact) mass is 296 g/mol. The first-order chi connectivity index (χ1) is 8.11. The van der Waals surface area contributed by atoms with Gasteiger partial charge in [0.05, 0.1) is 16.8 Å². The topological polar surface area (TPSA) is 41.1 Å². The van der Waals surface area contributed by atoms with Crippen molar-refractivity contribution in [3.8, 4) is 0 Å². The quantitative estimate of drug-likeness (QED) is 0.875. The molecule has 0 spiro atoms. The summed E-state index contributed by atoms with van der Waals surface area (Å²) in [5.41, 5.74) is 1.55. The molecule has 1 aromatic carbocycles. The van der Waals surface area contributed by atoms with Crippen molar-refractivity contribution in [2.75, 3.05) is 17.2 Å². The fraction of sp³-hybridized carbons (Fsp3) is 0.462. The molecule has 0 aliphatic carbocycles. The standard InChI is InChI=1S/C13H17BrN2O/c1-3-13(4-2)8-15-11-7-9(14)5-6-10(11)16-12(13)17/h5-7,15H,3-4,8H2,1-2H3,(H,16,17). The largest absolute Gasteiger partial charge is 0.382 e. The van der Waals surface area contributed by atoms with E-state index in [0.29, 0.717) is 6.54 Å². The molecule has 0 aromatic heterocycles. The lowest BCUT2D eigenvalue weighted by Gasteiger charge is -2.27. The van der Waals surface area contributed by atoms with Crippen LogP contribution in [0.1, 0.15) is 26.7 Å². The van der Waals surface area contributed by atoms with Crippen LogP contribution in [-0.4, -0.2) is 12.5 Å². The molecule has 0 saturated heterocycles. The van der Waals surface area contributed by atoms with Gasteiger partial charge in [0.2, 0.25) is 5.91 Å². The van der Waals surface area contributed by atoms with Crippen molar-refractivity contribution in [1.82, 2.24) is 0 Å². The Morgan fingerprint density at radius 1 is 1.29 bits per heavy atom. The zero-order valence-electron chi connectivity index (χ0n) is 10.1. The molecule has 0 saturated carbocycles. The summed E-state index contributed by atoms with van der Waals surface area (Å²) in [4.78, 5) is 12.3. The van der Waals surface area contributed by atoms with Gasteiger partial charge in [-0.25, -0.2) is 0 Å². The van der Waals surface area contributed by atoms with Crippen LogP contribution in [0.5, 0.6) is 0 Å². The smallest absolute Gasteiger partial charge is 0.232 e. The van der Waals surface area contributed by atoms with Crippen LogP contribution in [0.4, 0.5) is 11.4 Å². The minimum atomic E-state index is -0.300. The van der Waals surface area contributed by atoms with Gasteiger partial charge in [-0.05, 0) is 31.0 Å². The Kier molecular flexibility index (Phi) is 3.43. The van der Waals surface area contributed by atoms with Gasteiger partial charge in [-0.3, -0.25) is 4.79 Å². The molecule has 1 aliphatic rings. The van der Waals surface area contributed by atoms with Crippen LogP contribution in [0.25, 0.3) is 0 Å². The third-order valence-electron chi connectivity index (χ3n) is 3.68. The Morgan fingerprint density at radius 3 is 2.65 bits per heavy atom. The molecule has 2 rings (SSSR count). The molecule has 1 aliphatic heterocycles. The van der Waals surface area contributed by atoms with Gasteiger partial charge in [-0.1, -0.05) is 29.8 Å². The predicted octanol–water partition coefficient (Wildman–Crippen LogP) is 3.62. The number of hydrogen-bond acceptors (Lipinski definition) is 2. The number of nitrogens with one attached hydrogen (secondary N) is 2. The van der Waals surface area contributed by atoms with Gasteiger partial charge in [-0.2, -0.15) is 0 Å². The number of rotatable bonds is 2. The summed E-state index contributed by atoms with van der Waals surface area (Å²) in [7, 11) is 0. The number of carbonyl (C=O) groups excluding carboxylic acids is 1. The highest BCUT2D eigenvalue weighted by Crippen LogP contribution is 2.35. The average molecular weight is 297 g/mol. The van der Waals surface area contributed by atoms with Gasteiger partial charge < -0.3 is 10.6 Å². The van der Waals surface area contributed by atoms with E-state index in [2.05, 4.69) is 40.4 Å². The van der Waals surface area contributed by atoms with Crippen LogP contribution < -0.4 is 10.6 Å². The molecule has 0 bridgehead atoms. The maximum absolute atomic E-state index is 12.3. The van der Waals surface area contributed by atoms with Crippen molar-refractivity contribution >= 4 is 33.2 Å². The van der Waals surface area contributed by atoms with E-state index in [1.165, 1.54) is 0 Å². The van der Waals surface area contributed by atoms with Crippen LogP contribution in [0.15, 0.2) is 22.7 Å². The molecule has 0 radical (unpaired) electrons. The molecule has 2 N–H and O–H groups in total. The number of fused-ring (bicyclic) bond motifs is 1. The van der Waals surface area contributed by atoms with E-state index < -0.39 is 0 Å². The first-order valence-electron chi connectivity index (χ1n) is 5.96. The van der Waals surface area contributed by atoms with Crippen molar-refractivity contribution in [2.45, 2.75) is 26.7 Å². The maximum atomic E-state index is 12.3. The summed E-state index contributed by atoms with van der Waals surface area (Å²) in [5.74, 6) is 0.121. The highest BCUT2D eigenvalue weighted by Gasteiger charge is 2.37. The Balaban J connectivity index is 2.37. The Bertz CT molecular complexity index is 441. The van der Waals surface area contributed by atoms with E-state index in [-0.39, 0.29) is 11.3 Å². The van der Waals surface area contributed by atoms with E-state index in [9.17, 15) is 4.79 Å². The number of hydrogen-bond donors (Lipinski definition) is 2. The lowest BCUT2D eigenvalue weighted by Crippen LogP contribution is -2.39. The molecular weight excluding hydrogens is 280 g/mol. The van der Waals surface area contributed by atoms with E-state index in [4.69, 9.17) is 0 Å². The van der Waals surface area contributed by atoms with E-state index in [0.717, 1.165) is 28.7 Å². The van der Waals surface area contributed by atoms with Crippen LogP contribution in [0.3, 0.4) is 0 Å². The second kappa shape index (κ2) is 4.69. The van der Waals surface area contributed by atoms with Gasteiger partial charge in [0.25, 0.3) is 0 Å². The first-order valence-corrected chi connectivity index (χ1v) is 6.75. The second-order valence-electron chi connectivity index (χ2n) is 4.49. The van der Waals surface area contributed by atoms with Gasteiger partial charge in [0, 0.05) is 11.0 Å². The van der Waals surface area contributed by atoms with Gasteiger partial charge in [-0.15, -0.1) is 0 Å². The predicted molar refractivity (Wildman–Crippen MR) is 74.3 cm³/mol. The fourth-order valence-corrected chi connectivity index (χ4v) is 2.55. The van der Waals surface area contributed by atoms with Gasteiger partial charge >= 0.3 is 0 Å². The number of carbonyl (C=O) groups is 1. The van der Waals surface area contributed by atoms with Crippen molar-refractivity contribution in [2.24, 2.45) is 5.41 Å². The molecule has 0 fully saturated rings. The molecule has 17 heavy (non-hydrogen) atoms. The lowest BCUT2D eigenvalue weighted by atomic mass is 9.81. The minimum absolute atomic E-state index is 0.121. The van der Waals surface area contributed by atoms with Crippen molar-refractivity contribution in [3.05, 3.63) is 22.7 Å². The van der Waals surface area contributed by atoms with Crippen LogP contribution >= 0.6 is 15.9 Å². The third-order valence-corrected chi connectivity index (χ3v) is 4.18. The molecule has 1 heterocycles. The molecular formula is C13H17BrN2O. The normalized spacial score (nSPS) is 17.7. The van der Waals surface area contributed by atoms with Crippen LogP contribution in [-0.2, 0) is 4.79 Å². The van der Waals surface area contributed by atoms with Gasteiger partial charge in [0.1, 0.15) is 0 Å². The molecule has 0 unspecified atom stereocenters. The third kappa shape index (κ3) is 2.18. The maximum Gasteiger partial charge on any atom is 0.232 e. The summed E-state index contributed by atoms with van der Waals surface area (Å²) in [6, 6.07) is 5.86. The van der Waals surface area contributed by atoms with Crippen LogP contribution in [0.2, 0.25) is 0 Å². The SMILES string of the molecule is CCC1(CC)CNc2cc(Br)ccc2NC1=O. The number of amides is 1. The molecule has 0 atom stereocenters. The van der Waals surface area contributed by atoms with Crippen molar-refractivity contribution in [1.29, 1.82) is 0 Å². The van der Waals surface area contributed by atoms with Gasteiger partial charge in [0.15, 0.2) is 0 Å². The molecule has 1 aromatic rings. The number of anilines is 2. The van der Waals surface area contributed by atoms with E-state index >= 15 is 0 Å². The Morgan fingerprint density at radius 2 is 2.00 bits per heavy atom. The number of benzene rings is 1. The fourth-order valence-electron chi connectivity index (χ4n) is 2.19. The molecule has 1 amide bonds. The highest BCUT2D eigenvalue weighted by molar-refractivity contribution is 9.10. The number of halogens is 1. The summed E-state index contributed by atoms with van der Waals surface area (Å²) >= 11 is 3.44. The molecule has 4 heteroatoms. The summed E-state index contributed by atoms with van der Waals surface area (Å²) in [5, 5.41) is 6.40.